The van der Waals surface area contributed by atoms with Crippen LogP contribution in [0.25, 0.3) is 0 Å². The molecular formula is C15H27N3O2. The van der Waals surface area contributed by atoms with Gasteiger partial charge in [0, 0.05) is 45.8 Å². The second-order valence-corrected chi connectivity index (χ2v) is 6.57. The van der Waals surface area contributed by atoms with Gasteiger partial charge in [-0.25, -0.2) is 0 Å². The zero-order valence-electron chi connectivity index (χ0n) is 12.3. The number of piperazine rings is 1. The molecule has 1 saturated carbocycles. The Morgan fingerprint density at radius 3 is 2.20 bits per heavy atom. The molecule has 3 aliphatic rings. The molecule has 1 unspecified atom stereocenters. The van der Waals surface area contributed by atoms with Gasteiger partial charge in [0.15, 0.2) is 0 Å². The van der Waals surface area contributed by atoms with Crippen LogP contribution < -0.4 is 0 Å². The van der Waals surface area contributed by atoms with E-state index in [9.17, 15) is 9.90 Å². The first-order valence-electron chi connectivity index (χ1n) is 8.13. The Labute approximate surface area is 121 Å². The van der Waals surface area contributed by atoms with Crippen LogP contribution >= 0.6 is 0 Å². The van der Waals surface area contributed by atoms with Crippen molar-refractivity contribution in [3.63, 3.8) is 0 Å². The van der Waals surface area contributed by atoms with Gasteiger partial charge in [0.25, 0.3) is 0 Å². The molecule has 1 amide bonds. The summed E-state index contributed by atoms with van der Waals surface area (Å²) in [6.45, 7) is 7.18. The van der Waals surface area contributed by atoms with Crippen LogP contribution in [-0.4, -0.2) is 84.2 Å². The summed E-state index contributed by atoms with van der Waals surface area (Å²) in [7, 11) is 0. The van der Waals surface area contributed by atoms with Crippen LogP contribution in [0.4, 0.5) is 0 Å². The van der Waals surface area contributed by atoms with E-state index in [1.807, 2.05) is 4.90 Å². The zero-order chi connectivity index (χ0) is 13.9. The van der Waals surface area contributed by atoms with Crippen LogP contribution in [0, 0.1) is 5.92 Å². The number of aliphatic hydroxyl groups is 1. The molecule has 114 valence electrons. The Morgan fingerprint density at radius 1 is 1.00 bits per heavy atom. The Bertz CT molecular complexity index is 332. The smallest absolute Gasteiger partial charge is 0.236 e. The molecule has 0 spiro atoms. The number of aliphatic hydroxyl groups excluding tert-OH is 1. The highest BCUT2D eigenvalue weighted by Crippen LogP contribution is 2.32. The number of nitrogens with zero attached hydrogens (tertiary/aromatic N) is 3. The van der Waals surface area contributed by atoms with E-state index in [0.29, 0.717) is 18.4 Å². The fourth-order valence-corrected chi connectivity index (χ4v) is 3.28. The highest BCUT2D eigenvalue weighted by atomic mass is 16.3. The number of hydrogen-bond donors (Lipinski definition) is 1. The molecule has 5 nitrogen and oxygen atoms in total. The average molecular weight is 281 g/mol. The first-order valence-corrected chi connectivity index (χ1v) is 8.13. The molecule has 2 heterocycles. The summed E-state index contributed by atoms with van der Waals surface area (Å²) in [5.74, 6) is 0.860. The van der Waals surface area contributed by atoms with Crippen LogP contribution in [0.2, 0.25) is 0 Å². The van der Waals surface area contributed by atoms with Gasteiger partial charge in [-0.15, -0.1) is 0 Å². The zero-order valence-corrected chi connectivity index (χ0v) is 12.3. The first-order chi connectivity index (χ1) is 9.72. The standard InChI is InChI=1S/C15H27N3O2/c19-14(13-3-4-13)11-16-7-9-17(10-8-16)12-15(20)18-5-1-2-6-18/h13-14,19H,1-12H2. The summed E-state index contributed by atoms with van der Waals surface area (Å²) in [4.78, 5) is 18.7. The first kappa shape index (κ1) is 14.3. The van der Waals surface area contributed by atoms with Crippen LogP contribution in [0.5, 0.6) is 0 Å². The van der Waals surface area contributed by atoms with Gasteiger partial charge >= 0.3 is 0 Å². The summed E-state index contributed by atoms with van der Waals surface area (Å²) in [5.41, 5.74) is 0. The minimum atomic E-state index is -0.132. The minimum Gasteiger partial charge on any atom is -0.392 e. The maximum absolute atomic E-state index is 12.1. The van der Waals surface area contributed by atoms with Crippen LogP contribution in [-0.2, 0) is 4.79 Å². The Kier molecular flexibility index (Phi) is 4.58. The maximum Gasteiger partial charge on any atom is 0.236 e. The third-order valence-corrected chi connectivity index (χ3v) is 4.89. The van der Waals surface area contributed by atoms with Crippen molar-refractivity contribution in [3.05, 3.63) is 0 Å². The Morgan fingerprint density at radius 2 is 1.60 bits per heavy atom. The van der Waals surface area contributed by atoms with Gasteiger partial charge in [-0.05, 0) is 31.6 Å². The van der Waals surface area contributed by atoms with Gasteiger partial charge in [-0.3, -0.25) is 14.6 Å². The average Bonchev–Trinajstić information content (AvgIpc) is 3.16. The Balaban J connectivity index is 1.36. The highest BCUT2D eigenvalue weighted by Gasteiger charge is 2.32. The fourth-order valence-electron chi connectivity index (χ4n) is 3.28. The molecule has 3 fully saturated rings. The van der Waals surface area contributed by atoms with E-state index >= 15 is 0 Å². The number of amides is 1. The molecule has 0 aromatic carbocycles. The molecule has 2 saturated heterocycles. The van der Waals surface area contributed by atoms with Gasteiger partial charge in [-0.2, -0.15) is 0 Å². The second-order valence-electron chi connectivity index (χ2n) is 6.57. The van der Waals surface area contributed by atoms with Crippen molar-refractivity contribution >= 4 is 5.91 Å². The lowest BCUT2D eigenvalue weighted by molar-refractivity contribution is -0.131. The van der Waals surface area contributed by atoms with Crippen molar-refractivity contribution < 1.29 is 9.90 Å². The van der Waals surface area contributed by atoms with Crippen LogP contribution in [0.3, 0.4) is 0 Å². The normalized spacial score (nSPS) is 26.9. The molecule has 1 N–H and O–H groups in total. The van der Waals surface area contributed by atoms with Gasteiger partial charge in [-0.1, -0.05) is 0 Å². The lowest BCUT2D eigenvalue weighted by Gasteiger charge is -2.35. The van der Waals surface area contributed by atoms with Gasteiger partial charge in [0.1, 0.15) is 0 Å². The molecule has 3 rings (SSSR count). The van der Waals surface area contributed by atoms with Crippen molar-refractivity contribution in [2.75, 3.05) is 52.4 Å². The predicted molar refractivity (Wildman–Crippen MR) is 77.4 cm³/mol. The topological polar surface area (TPSA) is 47.0 Å². The van der Waals surface area contributed by atoms with Crippen molar-refractivity contribution in [2.24, 2.45) is 5.92 Å². The van der Waals surface area contributed by atoms with E-state index in [0.717, 1.165) is 45.8 Å². The number of carbonyl (C=O) groups excluding carboxylic acids is 1. The number of hydrogen-bond acceptors (Lipinski definition) is 4. The fraction of sp³-hybridized carbons (Fsp3) is 0.933. The SMILES string of the molecule is O=C(CN1CCN(CC(O)C2CC2)CC1)N1CCCC1. The van der Waals surface area contributed by atoms with Crippen molar-refractivity contribution in [1.29, 1.82) is 0 Å². The third-order valence-electron chi connectivity index (χ3n) is 4.89. The van der Waals surface area contributed by atoms with E-state index in [2.05, 4.69) is 9.80 Å². The molecule has 0 aromatic rings. The minimum absolute atomic E-state index is 0.132. The summed E-state index contributed by atoms with van der Waals surface area (Å²) >= 11 is 0. The summed E-state index contributed by atoms with van der Waals surface area (Å²) in [5, 5.41) is 9.98. The van der Waals surface area contributed by atoms with E-state index < -0.39 is 0 Å². The molecule has 1 aliphatic carbocycles. The molecule has 1 atom stereocenters. The number of likely N-dealkylation sites (tertiary alicyclic amines) is 1. The molecule has 2 aliphatic heterocycles. The molecular weight excluding hydrogens is 254 g/mol. The lowest BCUT2D eigenvalue weighted by atomic mass is 10.2. The molecule has 5 heteroatoms. The third kappa shape index (κ3) is 3.71. The molecule has 0 bridgehead atoms. The van der Waals surface area contributed by atoms with Gasteiger partial charge < -0.3 is 10.0 Å². The summed E-state index contributed by atoms with van der Waals surface area (Å²) in [6.07, 6.45) is 4.60. The lowest BCUT2D eigenvalue weighted by Crippen LogP contribution is -2.51. The number of rotatable bonds is 5. The molecule has 0 aromatic heterocycles. The monoisotopic (exact) mass is 281 g/mol. The summed E-state index contributed by atoms with van der Waals surface area (Å²) < 4.78 is 0. The maximum atomic E-state index is 12.1. The highest BCUT2D eigenvalue weighted by molar-refractivity contribution is 5.78. The van der Waals surface area contributed by atoms with E-state index in [1.165, 1.54) is 25.7 Å². The quantitative estimate of drug-likeness (QED) is 0.770. The Hall–Kier alpha value is -0.650. The number of β-amino-alcohol motifs (C(OH)–C–C–N with tert-alkyl or cyclic N) is 1. The molecule has 20 heavy (non-hydrogen) atoms. The predicted octanol–water partition coefficient (Wildman–Crippen LogP) is -0.00270. The second kappa shape index (κ2) is 6.41. The van der Waals surface area contributed by atoms with Crippen molar-refractivity contribution in [3.8, 4) is 0 Å². The molecule has 0 radical (unpaired) electrons. The summed E-state index contributed by atoms with van der Waals surface area (Å²) in [6, 6.07) is 0. The van der Waals surface area contributed by atoms with Gasteiger partial charge in [0.05, 0.1) is 12.6 Å². The van der Waals surface area contributed by atoms with Crippen molar-refractivity contribution in [2.45, 2.75) is 31.8 Å². The van der Waals surface area contributed by atoms with Crippen molar-refractivity contribution in [1.82, 2.24) is 14.7 Å². The van der Waals surface area contributed by atoms with Gasteiger partial charge in [0.2, 0.25) is 5.91 Å². The van der Waals surface area contributed by atoms with Crippen LogP contribution in [0.15, 0.2) is 0 Å². The van der Waals surface area contributed by atoms with E-state index in [1.54, 1.807) is 0 Å². The number of carbonyl (C=O) groups is 1. The van der Waals surface area contributed by atoms with E-state index in [4.69, 9.17) is 0 Å². The van der Waals surface area contributed by atoms with E-state index in [-0.39, 0.29) is 6.10 Å². The van der Waals surface area contributed by atoms with Crippen LogP contribution in [0.1, 0.15) is 25.7 Å². The largest absolute Gasteiger partial charge is 0.392 e.